The molecule has 0 aliphatic heterocycles. The summed E-state index contributed by atoms with van der Waals surface area (Å²) in [5.74, 6) is 0. The van der Waals surface area contributed by atoms with Crippen LogP contribution in [0.1, 0.15) is 11.3 Å². The topological polar surface area (TPSA) is 31.9 Å². The number of anilines is 1. The largest absolute Gasteiger partial charge is 0.361 e. The lowest BCUT2D eigenvalue weighted by molar-refractivity contribution is 0.785. The average molecular weight is 342 g/mol. The number of nitrogens with one attached hydrogen (secondary N) is 1. The third kappa shape index (κ3) is 3.73. The van der Waals surface area contributed by atoms with Gasteiger partial charge in [0.2, 0.25) is 0 Å². The van der Waals surface area contributed by atoms with Gasteiger partial charge in [-0.3, -0.25) is 0 Å². The van der Waals surface area contributed by atoms with E-state index in [9.17, 15) is 0 Å². The van der Waals surface area contributed by atoms with Gasteiger partial charge in [-0.1, -0.05) is 46.3 Å². The summed E-state index contributed by atoms with van der Waals surface area (Å²) < 4.78 is 1.10. The Hall–Kier alpha value is -2.07. The van der Waals surface area contributed by atoms with E-state index in [-0.39, 0.29) is 0 Å². The van der Waals surface area contributed by atoms with Crippen LogP contribution in [0.15, 0.2) is 71.6 Å². The zero-order valence-electron chi connectivity index (χ0n) is 11.5. The maximum Gasteiger partial charge on any atom is 0.0923 e. The Bertz CT molecular complexity index is 680. The minimum Gasteiger partial charge on any atom is -0.361 e. The number of benzene rings is 2. The van der Waals surface area contributed by atoms with Gasteiger partial charge in [-0.2, -0.15) is 0 Å². The molecule has 0 aliphatic carbocycles. The summed E-state index contributed by atoms with van der Waals surface area (Å²) in [5, 5.41) is 0. The molecule has 0 fully saturated rings. The smallest absolute Gasteiger partial charge is 0.0923 e. The summed E-state index contributed by atoms with van der Waals surface area (Å²) in [4.78, 5) is 9.67. The number of H-pyrrole nitrogens is 1. The zero-order valence-corrected chi connectivity index (χ0v) is 13.1. The molecular formula is C17H16BrN3. The van der Waals surface area contributed by atoms with Crippen molar-refractivity contribution in [2.45, 2.75) is 13.1 Å². The van der Waals surface area contributed by atoms with E-state index in [1.165, 1.54) is 11.3 Å². The summed E-state index contributed by atoms with van der Waals surface area (Å²) in [6, 6.07) is 18.8. The van der Waals surface area contributed by atoms with E-state index in [2.05, 4.69) is 73.3 Å². The fourth-order valence-electron chi connectivity index (χ4n) is 2.31. The van der Waals surface area contributed by atoms with Crippen LogP contribution in [0.3, 0.4) is 0 Å². The lowest BCUT2D eigenvalue weighted by atomic mass is 10.2. The van der Waals surface area contributed by atoms with Crippen LogP contribution >= 0.6 is 15.9 Å². The number of aromatic amines is 1. The fraction of sp³-hybridized carbons (Fsp3) is 0.118. The van der Waals surface area contributed by atoms with E-state index in [1.807, 2.05) is 18.3 Å². The number of halogens is 1. The molecule has 3 nitrogen and oxygen atoms in total. The molecular weight excluding hydrogens is 326 g/mol. The molecule has 0 amide bonds. The molecule has 0 saturated carbocycles. The second-order valence-corrected chi connectivity index (χ2v) is 5.80. The van der Waals surface area contributed by atoms with Gasteiger partial charge in [-0.15, -0.1) is 0 Å². The molecule has 0 spiro atoms. The minimum absolute atomic E-state index is 0.778. The normalized spacial score (nSPS) is 10.5. The molecule has 0 saturated heterocycles. The van der Waals surface area contributed by atoms with Crippen molar-refractivity contribution in [3.05, 3.63) is 82.9 Å². The maximum atomic E-state index is 4.33. The van der Waals surface area contributed by atoms with E-state index >= 15 is 0 Å². The molecule has 2 aromatic carbocycles. The molecule has 4 heteroatoms. The van der Waals surface area contributed by atoms with Crippen molar-refractivity contribution in [2.75, 3.05) is 4.90 Å². The highest BCUT2D eigenvalue weighted by atomic mass is 79.9. The van der Waals surface area contributed by atoms with Crippen molar-refractivity contribution in [3.8, 4) is 0 Å². The van der Waals surface area contributed by atoms with Crippen LogP contribution in [0.2, 0.25) is 0 Å². The third-order valence-corrected chi connectivity index (χ3v) is 3.78. The number of hydrogen-bond acceptors (Lipinski definition) is 2. The Morgan fingerprint density at radius 2 is 1.86 bits per heavy atom. The van der Waals surface area contributed by atoms with Crippen LogP contribution in [-0.4, -0.2) is 9.97 Å². The molecule has 1 N–H and O–H groups in total. The molecule has 0 bridgehead atoms. The van der Waals surface area contributed by atoms with Crippen LogP contribution in [0.5, 0.6) is 0 Å². The molecule has 1 heterocycles. The Morgan fingerprint density at radius 3 is 2.57 bits per heavy atom. The number of hydrogen-bond donors (Lipinski definition) is 1. The van der Waals surface area contributed by atoms with Crippen molar-refractivity contribution >= 4 is 21.6 Å². The van der Waals surface area contributed by atoms with Crippen molar-refractivity contribution in [1.29, 1.82) is 0 Å². The van der Waals surface area contributed by atoms with Gasteiger partial charge in [0.05, 0.1) is 18.6 Å². The van der Waals surface area contributed by atoms with Gasteiger partial charge < -0.3 is 9.88 Å². The summed E-state index contributed by atoms with van der Waals surface area (Å²) in [7, 11) is 0. The van der Waals surface area contributed by atoms with Crippen LogP contribution in [-0.2, 0) is 13.1 Å². The highest BCUT2D eigenvalue weighted by molar-refractivity contribution is 9.10. The number of aromatic nitrogens is 2. The third-order valence-electron chi connectivity index (χ3n) is 3.29. The van der Waals surface area contributed by atoms with Crippen molar-refractivity contribution in [1.82, 2.24) is 9.97 Å². The number of para-hydroxylation sites is 1. The predicted molar refractivity (Wildman–Crippen MR) is 89.1 cm³/mol. The first-order valence-electron chi connectivity index (χ1n) is 6.83. The molecule has 0 radical (unpaired) electrons. The first-order chi connectivity index (χ1) is 10.3. The number of imidazole rings is 1. The fourth-order valence-corrected chi connectivity index (χ4v) is 2.75. The van der Waals surface area contributed by atoms with Gasteiger partial charge in [0.25, 0.3) is 0 Å². The van der Waals surface area contributed by atoms with Gasteiger partial charge in [0.15, 0.2) is 0 Å². The van der Waals surface area contributed by atoms with Crippen LogP contribution in [0, 0.1) is 0 Å². The van der Waals surface area contributed by atoms with E-state index < -0.39 is 0 Å². The summed E-state index contributed by atoms with van der Waals surface area (Å²) in [6.07, 6.45) is 3.66. The van der Waals surface area contributed by atoms with Gasteiger partial charge >= 0.3 is 0 Å². The molecule has 0 atom stereocenters. The Morgan fingerprint density at radius 1 is 1.00 bits per heavy atom. The predicted octanol–water partition coefficient (Wildman–Crippen LogP) is 4.38. The van der Waals surface area contributed by atoms with Gasteiger partial charge in [-0.25, -0.2) is 4.98 Å². The van der Waals surface area contributed by atoms with Gasteiger partial charge in [0.1, 0.15) is 0 Å². The van der Waals surface area contributed by atoms with Crippen LogP contribution in [0.25, 0.3) is 0 Å². The summed E-state index contributed by atoms with van der Waals surface area (Å²) >= 11 is 3.53. The van der Waals surface area contributed by atoms with E-state index in [1.54, 1.807) is 6.33 Å². The monoisotopic (exact) mass is 341 g/mol. The highest BCUT2D eigenvalue weighted by Crippen LogP contribution is 2.20. The lowest BCUT2D eigenvalue weighted by Gasteiger charge is -2.24. The zero-order chi connectivity index (χ0) is 14.5. The summed E-state index contributed by atoms with van der Waals surface area (Å²) in [5.41, 5.74) is 3.50. The van der Waals surface area contributed by atoms with Crippen molar-refractivity contribution in [3.63, 3.8) is 0 Å². The maximum absolute atomic E-state index is 4.33. The van der Waals surface area contributed by atoms with Crippen LogP contribution in [0.4, 0.5) is 5.69 Å². The SMILES string of the molecule is Brc1cccc(CN(Cc2c[nH]cn2)c2ccccc2)c1. The van der Waals surface area contributed by atoms with Crippen molar-refractivity contribution < 1.29 is 0 Å². The van der Waals surface area contributed by atoms with E-state index in [0.717, 1.165) is 23.3 Å². The first kappa shape index (κ1) is 13.9. The van der Waals surface area contributed by atoms with Gasteiger partial charge in [0, 0.05) is 22.9 Å². The Kier molecular flexibility index (Phi) is 4.36. The molecule has 3 aromatic rings. The average Bonchev–Trinajstić information content (AvgIpc) is 3.01. The van der Waals surface area contributed by atoms with E-state index in [0.29, 0.717) is 0 Å². The molecule has 21 heavy (non-hydrogen) atoms. The quantitative estimate of drug-likeness (QED) is 0.746. The first-order valence-corrected chi connectivity index (χ1v) is 7.63. The molecule has 0 aliphatic rings. The molecule has 3 rings (SSSR count). The van der Waals surface area contributed by atoms with Gasteiger partial charge in [-0.05, 0) is 29.8 Å². The Balaban J connectivity index is 1.85. The van der Waals surface area contributed by atoms with E-state index in [4.69, 9.17) is 0 Å². The lowest BCUT2D eigenvalue weighted by Crippen LogP contribution is -2.22. The molecule has 0 unspecified atom stereocenters. The standard InChI is InChI=1S/C17H16BrN3/c18-15-6-4-5-14(9-15)11-21(12-16-10-19-13-20-16)17-7-2-1-3-8-17/h1-10,13H,11-12H2,(H,19,20). The Labute approximate surface area is 132 Å². The molecule has 106 valence electrons. The summed E-state index contributed by atoms with van der Waals surface area (Å²) in [6.45, 7) is 1.62. The minimum atomic E-state index is 0.778. The molecule has 1 aromatic heterocycles. The second kappa shape index (κ2) is 6.59. The van der Waals surface area contributed by atoms with Crippen LogP contribution < -0.4 is 4.90 Å². The number of nitrogens with zero attached hydrogens (tertiary/aromatic N) is 2. The number of rotatable bonds is 5. The van der Waals surface area contributed by atoms with Crippen molar-refractivity contribution in [2.24, 2.45) is 0 Å². The second-order valence-electron chi connectivity index (χ2n) is 4.88. The highest BCUT2D eigenvalue weighted by Gasteiger charge is 2.09.